The number of carbonyl (C=O) groups is 1. The van der Waals surface area contributed by atoms with Gasteiger partial charge in [0.25, 0.3) is 0 Å². The maximum absolute atomic E-state index is 10.9. The molecule has 4 nitrogen and oxygen atoms in total. The molecule has 0 spiro atoms. The van der Waals surface area contributed by atoms with Crippen molar-refractivity contribution in [3.05, 3.63) is 35.6 Å². The smallest absolute Gasteiger partial charge is 0.542 e. The van der Waals surface area contributed by atoms with Crippen LogP contribution in [-0.2, 0) is 9.53 Å². The molecule has 1 aromatic rings. The van der Waals surface area contributed by atoms with Gasteiger partial charge in [-0.3, -0.25) is 0 Å². The van der Waals surface area contributed by atoms with E-state index in [2.05, 4.69) is 0 Å². The Morgan fingerprint density at radius 3 is 2.42 bits per heavy atom. The first-order chi connectivity index (χ1) is 8.67. The van der Waals surface area contributed by atoms with Gasteiger partial charge in [-0.2, -0.15) is 0 Å². The molecule has 19 heavy (non-hydrogen) atoms. The third kappa shape index (κ3) is 6.66. The average molecular weight is 272 g/mol. The van der Waals surface area contributed by atoms with Crippen molar-refractivity contribution in [2.45, 2.75) is 19.8 Å². The number of hydrogen-bond donors (Lipinski definition) is 0. The summed E-state index contributed by atoms with van der Waals surface area (Å²) in [7, 11) is 1.57. The Morgan fingerprint density at radius 2 is 1.95 bits per heavy atom. The number of carboxylic acids is 1. The molecule has 0 radical (unpaired) electrons. The number of benzene rings is 1. The molecular weight excluding hydrogens is 255 g/mol. The molecule has 0 atom stereocenters. The van der Waals surface area contributed by atoms with Gasteiger partial charge in [-0.25, -0.2) is 0 Å². The largest absolute Gasteiger partial charge is 1.00 e. The molecule has 0 heterocycles. The number of ether oxygens (including phenoxy) is 2. The van der Waals surface area contributed by atoms with Crippen LogP contribution in [0.25, 0.3) is 6.08 Å². The molecule has 0 amide bonds. The summed E-state index contributed by atoms with van der Waals surface area (Å²) in [6.07, 6.45) is 3.21. The summed E-state index contributed by atoms with van der Waals surface area (Å²) in [5.41, 5.74) is 0.728. The first kappa shape index (κ1) is 18.0. The second-order valence-electron chi connectivity index (χ2n) is 3.77. The van der Waals surface area contributed by atoms with Crippen LogP contribution >= 0.6 is 0 Å². The average Bonchev–Trinajstić information content (AvgIpc) is 2.38. The van der Waals surface area contributed by atoms with Gasteiger partial charge in [-0.1, -0.05) is 25.5 Å². The molecular formula is C14H17NaO4. The first-order valence-corrected chi connectivity index (χ1v) is 5.87. The fraction of sp³-hybridized carbons (Fsp3) is 0.357. The van der Waals surface area contributed by atoms with Crippen LogP contribution in [0.4, 0.5) is 0 Å². The van der Waals surface area contributed by atoms with Gasteiger partial charge in [0.1, 0.15) is 17.5 Å². The maximum Gasteiger partial charge on any atom is 1.00 e. The van der Waals surface area contributed by atoms with Crippen molar-refractivity contribution >= 4 is 12.0 Å². The normalized spacial score (nSPS) is 10.5. The summed E-state index contributed by atoms with van der Waals surface area (Å²) >= 11 is 0. The molecule has 0 saturated carbocycles. The number of unbranched alkanes of at least 4 members (excludes halogenated alkanes) is 1. The van der Waals surface area contributed by atoms with Gasteiger partial charge in [-0.15, -0.1) is 0 Å². The Hall–Kier alpha value is -0.970. The molecule has 1 rings (SSSR count). The third-order valence-corrected chi connectivity index (χ3v) is 2.37. The van der Waals surface area contributed by atoms with E-state index >= 15 is 0 Å². The molecule has 0 bridgehead atoms. The summed E-state index contributed by atoms with van der Waals surface area (Å²) in [5, 5.41) is 10.9. The van der Waals surface area contributed by atoms with E-state index in [0.29, 0.717) is 12.4 Å². The van der Waals surface area contributed by atoms with Crippen molar-refractivity contribution in [1.82, 2.24) is 0 Å². The van der Waals surface area contributed by atoms with Crippen molar-refractivity contribution in [3.8, 4) is 5.75 Å². The molecule has 0 aliphatic heterocycles. The van der Waals surface area contributed by atoms with Crippen molar-refractivity contribution < 1.29 is 48.9 Å². The SMILES string of the molecule is CCCCOC(=Cc1ccc(OC)cc1)C(=O)[O-].[Na+]. The predicted octanol–water partition coefficient (Wildman–Crippen LogP) is -1.39. The number of carboxylic acid groups (broad SMARTS) is 1. The summed E-state index contributed by atoms with van der Waals surface area (Å²) < 4.78 is 10.2. The zero-order valence-electron chi connectivity index (χ0n) is 11.6. The third-order valence-electron chi connectivity index (χ3n) is 2.37. The van der Waals surface area contributed by atoms with Crippen LogP contribution in [0, 0.1) is 0 Å². The van der Waals surface area contributed by atoms with Gasteiger partial charge in [-0.05, 0) is 30.2 Å². The second kappa shape index (κ2) is 9.89. The number of hydrogen-bond acceptors (Lipinski definition) is 4. The number of aliphatic carboxylic acids is 1. The van der Waals surface area contributed by atoms with Crippen LogP contribution in [0.5, 0.6) is 5.75 Å². The van der Waals surface area contributed by atoms with E-state index in [1.807, 2.05) is 6.92 Å². The molecule has 0 fully saturated rings. The predicted molar refractivity (Wildman–Crippen MR) is 66.8 cm³/mol. The first-order valence-electron chi connectivity index (χ1n) is 5.87. The molecule has 0 saturated heterocycles. The zero-order valence-corrected chi connectivity index (χ0v) is 13.6. The van der Waals surface area contributed by atoms with Crippen LogP contribution in [0.2, 0.25) is 0 Å². The van der Waals surface area contributed by atoms with Gasteiger partial charge in [0.05, 0.1) is 13.7 Å². The summed E-state index contributed by atoms with van der Waals surface area (Å²) in [5.74, 6) is -0.732. The minimum atomic E-state index is -1.30. The molecule has 5 heteroatoms. The summed E-state index contributed by atoms with van der Waals surface area (Å²) in [6, 6.07) is 7.02. The second-order valence-corrected chi connectivity index (χ2v) is 3.77. The number of carbonyl (C=O) groups excluding carboxylic acids is 1. The monoisotopic (exact) mass is 272 g/mol. The van der Waals surface area contributed by atoms with Crippen LogP contribution in [0.3, 0.4) is 0 Å². The zero-order chi connectivity index (χ0) is 13.4. The Balaban J connectivity index is 0.00000324. The number of rotatable bonds is 7. The summed E-state index contributed by atoms with van der Waals surface area (Å²) in [4.78, 5) is 10.9. The quantitative estimate of drug-likeness (QED) is 0.265. The van der Waals surface area contributed by atoms with E-state index in [1.54, 1.807) is 31.4 Å². The van der Waals surface area contributed by atoms with Crippen molar-refractivity contribution in [2.75, 3.05) is 13.7 Å². The molecule has 98 valence electrons. The van der Waals surface area contributed by atoms with Crippen molar-refractivity contribution in [2.24, 2.45) is 0 Å². The van der Waals surface area contributed by atoms with E-state index in [0.717, 1.165) is 18.4 Å². The van der Waals surface area contributed by atoms with Crippen molar-refractivity contribution in [3.63, 3.8) is 0 Å². The topological polar surface area (TPSA) is 58.6 Å². The molecule has 0 unspecified atom stereocenters. The standard InChI is InChI=1S/C14H18O4.Na/c1-3-4-9-18-13(14(15)16)10-11-5-7-12(17-2)8-6-11;/h5-8,10H,3-4,9H2,1-2H3,(H,15,16);/q;+1/p-1. The van der Waals surface area contributed by atoms with Crippen LogP contribution in [0.15, 0.2) is 30.0 Å². The molecule has 0 aromatic heterocycles. The molecule has 0 N–H and O–H groups in total. The van der Waals surface area contributed by atoms with Gasteiger partial charge in [0.15, 0.2) is 0 Å². The Morgan fingerprint density at radius 1 is 1.32 bits per heavy atom. The maximum atomic E-state index is 10.9. The van der Waals surface area contributed by atoms with Gasteiger partial charge in [0, 0.05) is 0 Å². The minimum absolute atomic E-state index is 0. The Kier molecular flexibility index (Phi) is 9.39. The minimum Gasteiger partial charge on any atom is -0.542 e. The molecule has 0 aliphatic carbocycles. The fourth-order valence-corrected chi connectivity index (χ4v) is 1.34. The van der Waals surface area contributed by atoms with E-state index in [-0.39, 0.29) is 35.3 Å². The number of methoxy groups -OCH3 is 1. The van der Waals surface area contributed by atoms with Crippen LogP contribution < -0.4 is 39.4 Å². The Labute approximate surface area is 135 Å². The van der Waals surface area contributed by atoms with E-state index < -0.39 is 5.97 Å². The van der Waals surface area contributed by atoms with Gasteiger partial charge >= 0.3 is 29.6 Å². The van der Waals surface area contributed by atoms with Gasteiger partial charge < -0.3 is 19.4 Å². The van der Waals surface area contributed by atoms with Gasteiger partial charge in [0.2, 0.25) is 0 Å². The van der Waals surface area contributed by atoms with Crippen molar-refractivity contribution in [1.29, 1.82) is 0 Å². The van der Waals surface area contributed by atoms with E-state index in [9.17, 15) is 9.90 Å². The molecule has 1 aromatic carbocycles. The van der Waals surface area contributed by atoms with E-state index in [4.69, 9.17) is 9.47 Å². The van der Waals surface area contributed by atoms with E-state index in [1.165, 1.54) is 6.08 Å². The Bertz CT molecular complexity index is 412. The van der Waals surface area contributed by atoms with Crippen LogP contribution in [0.1, 0.15) is 25.3 Å². The fourth-order valence-electron chi connectivity index (χ4n) is 1.34. The summed E-state index contributed by atoms with van der Waals surface area (Å²) in [6.45, 7) is 2.39. The molecule has 0 aliphatic rings. The van der Waals surface area contributed by atoms with Crippen LogP contribution in [-0.4, -0.2) is 19.7 Å².